The third-order valence-electron chi connectivity index (χ3n) is 3.87. The van der Waals surface area contributed by atoms with Crippen LogP contribution in [0.4, 0.5) is 5.95 Å². The maximum atomic E-state index is 4.32. The highest BCUT2D eigenvalue weighted by Crippen LogP contribution is 2.18. The summed E-state index contributed by atoms with van der Waals surface area (Å²) in [5, 5.41) is 3.57. The van der Waals surface area contributed by atoms with Crippen molar-refractivity contribution in [3.63, 3.8) is 0 Å². The lowest BCUT2D eigenvalue weighted by molar-refractivity contribution is 0.252. The van der Waals surface area contributed by atoms with Crippen LogP contribution in [0.1, 0.15) is 19.3 Å². The molecule has 1 aromatic heterocycles. The van der Waals surface area contributed by atoms with Crippen LogP contribution in [0.3, 0.4) is 0 Å². The van der Waals surface area contributed by atoms with Gasteiger partial charge in [-0.05, 0) is 38.4 Å². The molecule has 19 heavy (non-hydrogen) atoms. The van der Waals surface area contributed by atoms with Crippen LogP contribution in [0.15, 0.2) is 18.5 Å². The Morgan fingerprint density at radius 2 is 1.84 bits per heavy atom. The Kier molecular flexibility index (Phi) is 4.25. The smallest absolute Gasteiger partial charge is 0.225 e. The Labute approximate surface area is 115 Å². The zero-order chi connectivity index (χ0) is 12.9. The maximum Gasteiger partial charge on any atom is 0.225 e. The molecule has 0 aromatic carbocycles. The van der Waals surface area contributed by atoms with Gasteiger partial charge in [0.15, 0.2) is 0 Å². The van der Waals surface area contributed by atoms with Gasteiger partial charge in [-0.3, -0.25) is 4.90 Å². The molecule has 5 heteroatoms. The minimum absolute atomic E-state index is 0.840. The van der Waals surface area contributed by atoms with Gasteiger partial charge in [-0.25, -0.2) is 9.97 Å². The fraction of sp³-hybridized carbons (Fsp3) is 0.714. The van der Waals surface area contributed by atoms with Crippen LogP contribution in [0, 0.1) is 0 Å². The van der Waals surface area contributed by atoms with E-state index in [4.69, 9.17) is 0 Å². The van der Waals surface area contributed by atoms with Crippen LogP contribution in [0.25, 0.3) is 0 Å². The van der Waals surface area contributed by atoms with Crippen molar-refractivity contribution in [2.75, 3.05) is 44.2 Å². The third kappa shape index (κ3) is 3.88. The third-order valence-corrected chi connectivity index (χ3v) is 3.87. The molecule has 0 bridgehead atoms. The lowest BCUT2D eigenvalue weighted by atomic mass is 10.3. The van der Waals surface area contributed by atoms with Crippen molar-refractivity contribution in [1.82, 2.24) is 20.2 Å². The fourth-order valence-corrected chi connectivity index (χ4v) is 2.52. The molecule has 104 valence electrons. The second-order valence-corrected chi connectivity index (χ2v) is 5.46. The monoisotopic (exact) mass is 261 g/mol. The summed E-state index contributed by atoms with van der Waals surface area (Å²) in [5.41, 5.74) is 0. The number of rotatable bonds is 6. The first-order valence-corrected chi connectivity index (χ1v) is 7.39. The zero-order valence-corrected chi connectivity index (χ0v) is 11.5. The van der Waals surface area contributed by atoms with E-state index in [1.807, 2.05) is 18.5 Å². The van der Waals surface area contributed by atoms with Gasteiger partial charge < -0.3 is 10.2 Å². The summed E-state index contributed by atoms with van der Waals surface area (Å²) < 4.78 is 0. The van der Waals surface area contributed by atoms with E-state index in [2.05, 4.69) is 25.1 Å². The molecule has 1 N–H and O–H groups in total. The topological polar surface area (TPSA) is 44.3 Å². The van der Waals surface area contributed by atoms with Gasteiger partial charge >= 0.3 is 0 Å². The molecule has 1 saturated carbocycles. The summed E-state index contributed by atoms with van der Waals surface area (Å²) >= 11 is 0. The Morgan fingerprint density at radius 1 is 1.11 bits per heavy atom. The molecule has 1 saturated heterocycles. The van der Waals surface area contributed by atoms with Gasteiger partial charge in [0.05, 0.1) is 0 Å². The molecule has 0 radical (unpaired) electrons. The fourth-order valence-electron chi connectivity index (χ4n) is 2.52. The Morgan fingerprint density at radius 3 is 2.53 bits per heavy atom. The van der Waals surface area contributed by atoms with Gasteiger partial charge in [0.2, 0.25) is 5.95 Å². The highest BCUT2D eigenvalue weighted by atomic mass is 15.3. The molecule has 3 rings (SSSR count). The van der Waals surface area contributed by atoms with E-state index in [0.717, 1.165) is 38.2 Å². The van der Waals surface area contributed by atoms with Gasteiger partial charge in [0.1, 0.15) is 0 Å². The minimum atomic E-state index is 0.840. The summed E-state index contributed by atoms with van der Waals surface area (Å²) in [6.45, 7) is 6.72. The number of piperazine rings is 1. The quantitative estimate of drug-likeness (QED) is 0.765. The summed E-state index contributed by atoms with van der Waals surface area (Å²) in [5.74, 6) is 0.873. The molecule has 5 nitrogen and oxygen atoms in total. The number of nitrogens with one attached hydrogen (secondary N) is 1. The van der Waals surface area contributed by atoms with Crippen LogP contribution < -0.4 is 10.2 Å². The molecule has 1 aliphatic heterocycles. The summed E-state index contributed by atoms with van der Waals surface area (Å²) in [4.78, 5) is 13.5. The predicted octanol–water partition coefficient (Wildman–Crippen LogP) is 0.741. The number of aromatic nitrogens is 2. The lowest BCUT2D eigenvalue weighted by Crippen LogP contribution is -2.47. The predicted molar refractivity (Wildman–Crippen MR) is 76.3 cm³/mol. The molecule has 2 aliphatic rings. The van der Waals surface area contributed by atoms with E-state index in [1.54, 1.807) is 0 Å². The van der Waals surface area contributed by atoms with Crippen molar-refractivity contribution in [3.05, 3.63) is 18.5 Å². The molecular formula is C14H23N5. The number of anilines is 1. The lowest BCUT2D eigenvalue weighted by Gasteiger charge is -2.34. The largest absolute Gasteiger partial charge is 0.338 e. The summed E-state index contributed by atoms with van der Waals surface area (Å²) in [7, 11) is 0. The second-order valence-electron chi connectivity index (χ2n) is 5.46. The average Bonchev–Trinajstić information content (AvgIpc) is 3.29. The van der Waals surface area contributed by atoms with Crippen molar-refractivity contribution < 1.29 is 0 Å². The summed E-state index contributed by atoms with van der Waals surface area (Å²) in [6, 6.07) is 2.71. The van der Waals surface area contributed by atoms with Crippen LogP contribution >= 0.6 is 0 Å². The number of hydrogen-bond acceptors (Lipinski definition) is 5. The highest BCUT2D eigenvalue weighted by Gasteiger charge is 2.20. The summed E-state index contributed by atoms with van der Waals surface area (Å²) in [6.07, 6.45) is 7.67. The van der Waals surface area contributed by atoms with Crippen molar-refractivity contribution in [3.8, 4) is 0 Å². The van der Waals surface area contributed by atoms with Crippen LogP contribution in [-0.2, 0) is 0 Å². The van der Waals surface area contributed by atoms with E-state index in [-0.39, 0.29) is 0 Å². The van der Waals surface area contributed by atoms with Crippen LogP contribution in [0.2, 0.25) is 0 Å². The van der Waals surface area contributed by atoms with Gasteiger partial charge in [0, 0.05) is 44.6 Å². The molecule has 1 aromatic rings. The first-order chi connectivity index (χ1) is 9.42. The Balaban J connectivity index is 1.34. The van der Waals surface area contributed by atoms with Crippen LogP contribution in [0.5, 0.6) is 0 Å². The Bertz CT molecular complexity index is 371. The van der Waals surface area contributed by atoms with Crippen molar-refractivity contribution in [2.24, 2.45) is 0 Å². The van der Waals surface area contributed by atoms with Gasteiger partial charge in [-0.15, -0.1) is 0 Å². The first-order valence-electron chi connectivity index (χ1n) is 7.39. The van der Waals surface area contributed by atoms with E-state index in [0.29, 0.717) is 0 Å². The second kappa shape index (κ2) is 6.30. The molecule has 0 amide bonds. The standard InChI is InChI=1S/C14H23N5/c1-5-16-14(17-6-1)19-11-9-18(10-12-19)8-2-7-15-13-3-4-13/h1,5-6,13,15H,2-4,7-12H2. The van der Waals surface area contributed by atoms with Gasteiger partial charge in [-0.2, -0.15) is 0 Å². The van der Waals surface area contributed by atoms with E-state index in [1.165, 1.54) is 32.4 Å². The van der Waals surface area contributed by atoms with Gasteiger partial charge in [-0.1, -0.05) is 0 Å². The Hall–Kier alpha value is -1.20. The molecule has 2 fully saturated rings. The first kappa shape index (κ1) is 12.8. The molecule has 1 aliphatic carbocycles. The van der Waals surface area contributed by atoms with E-state index >= 15 is 0 Å². The number of nitrogens with zero attached hydrogens (tertiary/aromatic N) is 4. The zero-order valence-electron chi connectivity index (χ0n) is 11.5. The average molecular weight is 261 g/mol. The van der Waals surface area contributed by atoms with Gasteiger partial charge in [0.25, 0.3) is 0 Å². The molecule has 0 unspecified atom stereocenters. The van der Waals surface area contributed by atoms with Crippen molar-refractivity contribution >= 4 is 5.95 Å². The molecule has 2 heterocycles. The molecule has 0 spiro atoms. The van der Waals surface area contributed by atoms with E-state index in [9.17, 15) is 0 Å². The van der Waals surface area contributed by atoms with Crippen molar-refractivity contribution in [1.29, 1.82) is 0 Å². The molecular weight excluding hydrogens is 238 g/mol. The SMILES string of the molecule is c1cnc(N2CCN(CCCNC3CC3)CC2)nc1. The number of hydrogen-bond donors (Lipinski definition) is 1. The maximum absolute atomic E-state index is 4.32. The normalized spacial score (nSPS) is 20.7. The van der Waals surface area contributed by atoms with Crippen molar-refractivity contribution in [2.45, 2.75) is 25.3 Å². The minimum Gasteiger partial charge on any atom is -0.338 e. The highest BCUT2D eigenvalue weighted by molar-refractivity contribution is 5.29. The molecule has 0 atom stereocenters. The van der Waals surface area contributed by atoms with E-state index < -0.39 is 0 Å². The van der Waals surface area contributed by atoms with Crippen LogP contribution in [-0.4, -0.2) is 60.2 Å².